The third kappa shape index (κ3) is 6.38. The summed E-state index contributed by atoms with van der Waals surface area (Å²) >= 11 is 0. The number of rotatable bonds is 10. The number of ether oxygens (including phenoxy) is 4. The Balaban J connectivity index is 1.36. The Bertz CT molecular complexity index is 1290. The van der Waals surface area contributed by atoms with Crippen LogP contribution in [0.25, 0.3) is 6.08 Å². The molecule has 1 aromatic rings. The van der Waals surface area contributed by atoms with Crippen LogP contribution in [0.3, 0.4) is 0 Å². The van der Waals surface area contributed by atoms with Gasteiger partial charge in [0.2, 0.25) is 11.8 Å². The van der Waals surface area contributed by atoms with Crippen LogP contribution in [-0.4, -0.2) is 108 Å². The molecule has 0 aromatic heterocycles. The van der Waals surface area contributed by atoms with Crippen LogP contribution < -0.4 is 5.32 Å². The van der Waals surface area contributed by atoms with E-state index in [2.05, 4.69) is 5.32 Å². The third-order valence-corrected chi connectivity index (χ3v) is 8.34. The van der Waals surface area contributed by atoms with Gasteiger partial charge in [-0.3, -0.25) is 24.0 Å². The molecule has 7 atom stereocenters. The maximum absolute atomic E-state index is 14.2. The SMILES string of the molecule is CN(C)C(=O)C=Cc1ccc(CN2O[C@@H]3[C@H]4OCO[C@H]4[C@H]4C[C@]3(C(=O)N[C@H](CO)CCC(=O)OC(C)(C)C)[C@@H]2C(=O)O4)cc1. The van der Waals surface area contributed by atoms with Crippen molar-refractivity contribution in [2.45, 2.75) is 88.7 Å². The molecule has 44 heavy (non-hydrogen) atoms. The molecule has 13 nitrogen and oxygen atoms in total. The highest BCUT2D eigenvalue weighted by Crippen LogP contribution is 2.55. The van der Waals surface area contributed by atoms with Crippen molar-refractivity contribution >= 4 is 29.8 Å². The monoisotopic (exact) mass is 615 g/mol. The van der Waals surface area contributed by atoms with Gasteiger partial charge in [0, 0.05) is 33.0 Å². The average molecular weight is 616 g/mol. The highest BCUT2D eigenvalue weighted by atomic mass is 16.8. The molecule has 0 spiro atoms. The number of esters is 2. The smallest absolute Gasteiger partial charge is 0.327 e. The van der Waals surface area contributed by atoms with Gasteiger partial charge in [0.25, 0.3) is 0 Å². The van der Waals surface area contributed by atoms with Crippen LogP contribution in [0.1, 0.15) is 51.2 Å². The summed E-state index contributed by atoms with van der Waals surface area (Å²) in [6.45, 7) is 5.02. The molecule has 3 saturated heterocycles. The predicted molar refractivity (Wildman–Crippen MR) is 154 cm³/mol. The Labute approximate surface area is 256 Å². The summed E-state index contributed by atoms with van der Waals surface area (Å²) in [5.41, 5.74) is -0.425. The molecule has 4 fully saturated rings. The van der Waals surface area contributed by atoms with Gasteiger partial charge in [0.05, 0.1) is 19.2 Å². The van der Waals surface area contributed by atoms with Crippen molar-refractivity contribution in [2.75, 3.05) is 27.5 Å². The van der Waals surface area contributed by atoms with E-state index in [1.165, 1.54) is 16.0 Å². The average Bonchev–Trinajstić information content (AvgIpc) is 3.58. The molecule has 3 aliphatic heterocycles. The molecule has 3 heterocycles. The number of nitrogens with zero attached hydrogens (tertiary/aromatic N) is 2. The minimum absolute atomic E-state index is 0.00787. The normalized spacial score (nSPS) is 30.0. The Hall–Kier alpha value is -3.36. The van der Waals surface area contributed by atoms with Crippen molar-refractivity contribution in [1.29, 1.82) is 0 Å². The van der Waals surface area contributed by atoms with Gasteiger partial charge < -0.3 is 34.3 Å². The van der Waals surface area contributed by atoms with E-state index in [1.807, 2.05) is 24.3 Å². The van der Waals surface area contributed by atoms with Crippen LogP contribution in [0.4, 0.5) is 0 Å². The maximum Gasteiger partial charge on any atom is 0.327 e. The van der Waals surface area contributed by atoms with Crippen LogP contribution >= 0.6 is 0 Å². The van der Waals surface area contributed by atoms with Crippen molar-refractivity contribution in [3.63, 3.8) is 0 Å². The molecule has 0 radical (unpaired) electrons. The molecule has 1 saturated carbocycles. The largest absolute Gasteiger partial charge is 0.460 e. The molecule has 1 aliphatic carbocycles. The fourth-order valence-corrected chi connectivity index (χ4v) is 6.28. The van der Waals surface area contributed by atoms with Crippen LogP contribution in [0.5, 0.6) is 0 Å². The van der Waals surface area contributed by atoms with E-state index in [-0.39, 0.29) is 38.5 Å². The lowest BCUT2D eigenvalue weighted by molar-refractivity contribution is -0.201. The number of aliphatic hydroxyl groups is 1. The Morgan fingerprint density at radius 1 is 1.18 bits per heavy atom. The minimum atomic E-state index is -1.39. The molecule has 4 aliphatic rings. The van der Waals surface area contributed by atoms with E-state index in [1.54, 1.807) is 40.9 Å². The van der Waals surface area contributed by atoms with Gasteiger partial charge in [-0.2, -0.15) is 5.06 Å². The van der Waals surface area contributed by atoms with Crippen LogP contribution in [-0.2, 0) is 49.5 Å². The van der Waals surface area contributed by atoms with E-state index >= 15 is 0 Å². The second-order valence-electron chi connectivity index (χ2n) is 12.9. The Morgan fingerprint density at radius 2 is 1.89 bits per heavy atom. The maximum atomic E-state index is 14.2. The first-order valence-electron chi connectivity index (χ1n) is 14.8. The van der Waals surface area contributed by atoms with Crippen molar-refractivity contribution < 1.29 is 48.1 Å². The quantitative estimate of drug-likeness (QED) is 0.286. The molecule has 1 aromatic carbocycles. The van der Waals surface area contributed by atoms with Gasteiger partial charge in [-0.1, -0.05) is 24.3 Å². The Kier molecular flexibility index (Phi) is 9.15. The van der Waals surface area contributed by atoms with Gasteiger partial charge >= 0.3 is 11.9 Å². The predicted octanol–water partition coefficient (Wildman–Crippen LogP) is 0.928. The molecule has 240 valence electrons. The summed E-state index contributed by atoms with van der Waals surface area (Å²) in [7, 11) is 3.35. The first-order chi connectivity index (χ1) is 20.8. The number of carbonyl (C=O) groups excluding carboxylic acids is 4. The molecule has 2 bridgehead atoms. The zero-order valence-corrected chi connectivity index (χ0v) is 25.7. The molecule has 2 N–H and O–H groups in total. The highest BCUT2D eigenvalue weighted by Gasteiger charge is 2.74. The van der Waals surface area contributed by atoms with E-state index < -0.39 is 72.0 Å². The van der Waals surface area contributed by atoms with Gasteiger partial charge in [0.15, 0.2) is 6.04 Å². The lowest BCUT2D eigenvalue weighted by Crippen LogP contribution is -2.70. The number of hydrogen-bond acceptors (Lipinski definition) is 11. The number of benzene rings is 1. The highest BCUT2D eigenvalue weighted by molar-refractivity contribution is 5.94. The van der Waals surface area contributed by atoms with Crippen LogP contribution in [0.2, 0.25) is 0 Å². The number of nitrogens with one attached hydrogen (secondary N) is 1. The van der Waals surface area contributed by atoms with Crippen LogP contribution in [0, 0.1) is 5.41 Å². The molecule has 5 rings (SSSR count). The summed E-state index contributed by atoms with van der Waals surface area (Å²) in [5, 5.41) is 14.4. The summed E-state index contributed by atoms with van der Waals surface area (Å²) < 4.78 is 22.8. The second kappa shape index (κ2) is 12.6. The molecule has 0 unspecified atom stereocenters. The summed E-state index contributed by atoms with van der Waals surface area (Å²) in [4.78, 5) is 59.8. The third-order valence-electron chi connectivity index (χ3n) is 8.34. The van der Waals surface area contributed by atoms with Gasteiger partial charge in [-0.25, -0.2) is 0 Å². The first kappa shape index (κ1) is 32.0. The lowest BCUT2D eigenvalue weighted by atomic mass is 9.62. The van der Waals surface area contributed by atoms with Crippen LogP contribution in [0.15, 0.2) is 30.3 Å². The lowest BCUT2D eigenvalue weighted by Gasteiger charge is -2.49. The number of fused-ring (bicyclic) bond motifs is 4. The Morgan fingerprint density at radius 3 is 2.55 bits per heavy atom. The topological polar surface area (TPSA) is 153 Å². The fourth-order valence-electron chi connectivity index (χ4n) is 6.28. The zero-order chi connectivity index (χ0) is 31.8. The molecular formula is C31H41N3O10. The van der Waals surface area contributed by atoms with Crippen molar-refractivity contribution in [3.8, 4) is 0 Å². The van der Waals surface area contributed by atoms with E-state index in [4.69, 9.17) is 23.8 Å². The second-order valence-corrected chi connectivity index (χ2v) is 12.9. The number of carbonyl (C=O) groups is 4. The minimum Gasteiger partial charge on any atom is -0.460 e. The van der Waals surface area contributed by atoms with Crippen molar-refractivity contribution in [2.24, 2.45) is 5.41 Å². The standard InChI is InChI=1S/C31H41N3O10/c1-30(2,3)43-23(37)13-11-20(16-35)32-29(39)31-14-21-24-25(41-17-40-24)27(31)44-34(26(31)28(38)42-21)15-19-8-6-18(7-9-19)10-12-22(36)33(4)5/h6-10,12,20-21,24-27,35H,11,13-17H2,1-5H3,(H,32,39)/t20-,21+,24-,25-,26-,27+,31-/m0/s1. The number of likely N-dealkylation sites (N-methyl/N-ethyl adjacent to an activating group) is 1. The summed E-state index contributed by atoms with van der Waals surface area (Å²) in [6.07, 6.45) is 0.680. The van der Waals surface area contributed by atoms with Gasteiger partial charge in [0.1, 0.15) is 42.2 Å². The molecule has 13 heteroatoms. The first-order valence-corrected chi connectivity index (χ1v) is 14.8. The van der Waals surface area contributed by atoms with Crippen molar-refractivity contribution in [3.05, 3.63) is 41.5 Å². The summed E-state index contributed by atoms with van der Waals surface area (Å²) in [5.74, 6) is -1.67. The van der Waals surface area contributed by atoms with E-state index in [9.17, 15) is 24.3 Å². The zero-order valence-electron chi connectivity index (χ0n) is 25.7. The number of aliphatic hydroxyl groups excluding tert-OH is 1. The van der Waals surface area contributed by atoms with E-state index in [0.29, 0.717) is 0 Å². The van der Waals surface area contributed by atoms with E-state index in [0.717, 1.165) is 11.1 Å². The molecule has 2 amide bonds. The number of hydroxylamine groups is 2. The van der Waals surface area contributed by atoms with Gasteiger partial charge in [-0.15, -0.1) is 0 Å². The van der Waals surface area contributed by atoms with Crippen molar-refractivity contribution in [1.82, 2.24) is 15.3 Å². The summed E-state index contributed by atoms with van der Waals surface area (Å²) in [6, 6.07) is 5.55. The number of hydrogen-bond donors (Lipinski definition) is 2. The fraction of sp³-hybridized carbons (Fsp3) is 0.613. The van der Waals surface area contributed by atoms with Gasteiger partial charge in [-0.05, 0) is 44.4 Å². The molecular weight excluding hydrogens is 574 g/mol. The number of amides is 2.